The van der Waals surface area contributed by atoms with E-state index in [0.717, 1.165) is 63.8 Å². The summed E-state index contributed by atoms with van der Waals surface area (Å²) >= 11 is 0. The highest BCUT2D eigenvalue weighted by atomic mass is 16.5. The molecule has 7 nitrogen and oxygen atoms in total. The van der Waals surface area contributed by atoms with Crippen molar-refractivity contribution in [3.05, 3.63) is 84.4 Å². The van der Waals surface area contributed by atoms with Crippen LogP contribution in [0.1, 0.15) is 37.6 Å². The minimum atomic E-state index is -0.620. The van der Waals surface area contributed by atoms with Crippen molar-refractivity contribution in [1.29, 1.82) is 0 Å². The molecule has 4 aromatic rings. The molecule has 0 spiro atoms. The number of fused-ring (bicyclic) bond motifs is 1. The number of phenols is 1. The highest BCUT2D eigenvalue weighted by Gasteiger charge is 2.27. The number of methoxy groups -OCH3 is 1. The first-order valence-electron chi connectivity index (χ1n) is 13.6. The number of aldehydes is 1. The number of hydrogen-bond donors (Lipinski definition) is 2. The molecule has 0 saturated heterocycles. The van der Waals surface area contributed by atoms with Gasteiger partial charge in [0.15, 0.2) is 0 Å². The first-order chi connectivity index (χ1) is 19.2. The van der Waals surface area contributed by atoms with E-state index in [1.165, 1.54) is 11.8 Å². The highest BCUT2D eigenvalue weighted by Crippen LogP contribution is 2.41. The number of pyridine rings is 1. The number of carbonyl (C=O) groups excluding carboxylic acids is 1. The van der Waals surface area contributed by atoms with Gasteiger partial charge in [0.05, 0.1) is 36.9 Å². The van der Waals surface area contributed by atoms with Gasteiger partial charge in [0.2, 0.25) is 0 Å². The van der Waals surface area contributed by atoms with E-state index in [9.17, 15) is 9.90 Å². The fourth-order valence-corrected chi connectivity index (χ4v) is 5.42. The van der Waals surface area contributed by atoms with Gasteiger partial charge in [-0.05, 0) is 78.4 Å². The molecule has 0 amide bonds. The van der Waals surface area contributed by atoms with Crippen LogP contribution >= 0.6 is 0 Å². The number of ether oxygens (including phenoxy) is 2. The predicted octanol–water partition coefficient (Wildman–Crippen LogP) is 6.04. The van der Waals surface area contributed by atoms with Crippen molar-refractivity contribution in [3.8, 4) is 28.1 Å². The van der Waals surface area contributed by atoms with Crippen LogP contribution in [0.5, 0.6) is 5.75 Å². The Kier molecular flexibility index (Phi) is 9.07. The summed E-state index contributed by atoms with van der Waals surface area (Å²) in [4.78, 5) is 15.8. The number of hydrogen-bond acceptors (Lipinski definition) is 6. The summed E-state index contributed by atoms with van der Waals surface area (Å²) in [7, 11) is 1.68. The molecule has 2 aromatic carbocycles. The molecular formula is C33H39N3O4. The molecule has 210 valence electrons. The molecule has 0 aliphatic carbocycles. The van der Waals surface area contributed by atoms with E-state index >= 15 is 0 Å². The molecule has 2 heterocycles. The maximum atomic E-state index is 11.1. The number of carbonyl (C=O) groups is 1. The van der Waals surface area contributed by atoms with Crippen LogP contribution in [-0.2, 0) is 40.3 Å². The quantitative estimate of drug-likeness (QED) is 0.158. The Hall–Kier alpha value is -3.94. The first-order valence-corrected chi connectivity index (χ1v) is 13.6. The van der Waals surface area contributed by atoms with Crippen molar-refractivity contribution in [3.63, 3.8) is 0 Å². The van der Waals surface area contributed by atoms with Gasteiger partial charge in [0, 0.05) is 41.7 Å². The van der Waals surface area contributed by atoms with E-state index in [2.05, 4.69) is 61.2 Å². The summed E-state index contributed by atoms with van der Waals surface area (Å²) in [6.45, 7) is 12.0. The number of rotatable bonds is 13. The Morgan fingerprint density at radius 3 is 2.67 bits per heavy atom. The summed E-state index contributed by atoms with van der Waals surface area (Å²) in [6, 6.07) is 15.2. The third-order valence-corrected chi connectivity index (χ3v) is 7.12. The van der Waals surface area contributed by atoms with Crippen LogP contribution in [0.4, 0.5) is 0 Å². The zero-order chi connectivity index (χ0) is 28.9. The monoisotopic (exact) mass is 541 g/mol. The van der Waals surface area contributed by atoms with Crippen LogP contribution in [-0.4, -0.2) is 40.7 Å². The molecule has 0 bridgehead atoms. The van der Waals surface area contributed by atoms with E-state index in [-0.39, 0.29) is 11.2 Å². The van der Waals surface area contributed by atoms with Gasteiger partial charge in [0.1, 0.15) is 12.0 Å². The minimum Gasteiger partial charge on any atom is -0.508 e. The van der Waals surface area contributed by atoms with Crippen LogP contribution in [0, 0.1) is 5.41 Å². The molecule has 40 heavy (non-hydrogen) atoms. The lowest BCUT2D eigenvalue weighted by atomic mass is 9.84. The Morgan fingerprint density at radius 2 is 1.98 bits per heavy atom. The normalized spacial score (nSPS) is 12.4. The van der Waals surface area contributed by atoms with Gasteiger partial charge in [-0.2, -0.15) is 0 Å². The molecule has 1 atom stereocenters. The van der Waals surface area contributed by atoms with Crippen LogP contribution < -0.4 is 5.73 Å². The number of benzene rings is 2. The molecular weight excluding hydrogens is 502 g/mol. The first kappa shape index (κ1) is 29.1. The van der Waals surface area contributed by atoms with Crippen LogP contribution in [0.2, 0.25) is 0 Å². The second-order valence-electron chi connectivity index (χ2n) is 10.9. The predicted molar refractivity (Wildman–Crippen MR) is 160 cm³/mol. The zero-order valence-electron chi connectivity index (χ0n) is 23.8. The van der Waals surface area contributed by atoms with Crippen molar-refractivity contribution >= 4 is 17.2 Å². The third-order valence-electron chi connectivity index (χ3n) is 7.12. The van der Waals surface area contributed by atoms with Gasteiger partial charge in [-0.15, -0.1) is 0 Å². The molecule has 0 aliphatic rings. The molecule has 0 aliphatic heterocycles. The molecule has 2 aromatic heterocycles. The van der Waals surface area contributed by atoms with Crippen LogP contribution in [0.25, 0.3) is 33.3 Å². The minimum absolute atomic E-state index is 0.139. The molecule has 4 rings (SSSR count). The average molecular weight is 542 g/mol. The van der Waals surface area contributed by atoms with E-state index in [0.29, 0.717) is 19.6 Å². The van der Waals surface area contributed by atoms with Crippen molar-refractivity contribution < 1.29 is 19.4 Å². The lowest BCUT2D eigenvalue weighted by molar-refractivity contribution is -0.108. The van der Waals surface area contributed by atoms with Crippen molar-refractivity contribution in [2.45, 2.75) is 52.8 Å². The maximum Gasteiger partial charge on any atom is 0.137 e. The standard InChI is InChI=1S/C33H39N3O4/c1-6-36-31-11-10-23(24-13-22(14-25(34)19-37)15-26(38)16-24)17-28(31)29(18-33(3,4)21-40-7-2)32(36)27-9-8-12-35-30(27)20-39-5/h7-13,15-17,19,25,38H,2,6,14,18,20-21,34H2,1,3-5H3. The lowest BCUT2D eigenvalue weighted by Crippen LogP contribution is -2.24. The van der Waals surface area contributed by atoms with Gasteiger partial charge in [-0.1, -0.05) is 32.6 Å². The van der Waals surface area contributed by atoms with E-state index in [1.807, 2.05) is 12.1 Å². The second kappa shape index (κ2) is 12.5. The molecule has 3 N–H and O–H groups in total. The Morgan fingerprint density at radius 1 is 1.18 bits per heavy atom. The van der Waals surface area contributed by atoms with Gasteiger partial charge in [-0.25, -0.2) is 0 Å². The summed E-state index contributed by atoms with van der Waals surface area (Å²) < 4.78 is 13.5. The van der Waals surface area contributed by atoms with Crippen LogP contribution in [0.3, 0.4) is 0 Å². The third kappa shape index (κ3) is 6.27. The zero-order valence-corrected chi connectivity index (χ0v) is 23.8. The Balaban J connectivity index is 1.97. The SMILES string of the molecule is C=COCC(C)(C)Cc1c(-c2cccnc2COC)n(CC)c2ccc(-c3cc(O)cc(CC(N)C=O)c3)cc12. The number of nitrogens with two attached hydrogens (primary N) is 1. The number of phenolic OH excluding ortho intramolecular Hbond substituents is 1. The van der Waals surface area contributed by atoms with Crippen molar-refractivity contribution in [2.24, 2.45) is 11.1 Å². The van der Waals surface area contributed by atoms with Gasteiger partial charge >= 0.3 is 0 Å². The molecule has 0 fully saturated rings. The van der Waals surface area contributed by atoms with Crippen molar-refractivity contribution in [1.82, 2.24) is 9.55 Å². The van der Waals surface area contributed by atoms with Gasteiger partial charge in [-0.3, -0.25) is 4.98 Å². The molecule has 0 radical (unpaired) electrons. The fraction of sp³-hybridized carbons (Fsp3) is 0.333. The number of aromatic hydroxyl groups is 1. The van der Waals surface area contributed by atoms with Gasteiger partial charge in [0.25, 0.3) is 0 Å². The highest BCUT2D eigenvalue weighted by molar-refractivity contribution is 5.95. The number of aryl methyl sites for hydroxylation is 1. The molecule has 7 heteroatoms. The summed E-state index contributed by atoms with van der Waals surface area (Å²) in [6.07, 6.45) is 5.13. The van der Waals surface area contributed by atoms with E-state index < -0.39 is 6.04 Å². The number of aromatic nitrogens is 2. The topological polar surface area (TPSA) is 99.6 Å². The lowest BCUT2D eigenvalue weighted by Gasteiger charge is -2.25. The van der Waals surface area contributed by atoms with Crippen molar-refractivity contribution in [2.75, 3.05) is 13.7 Å². The number of nitrogens with zero attached hydrogens (tertiary/aromatic N) is 2. The van der Waals surface area contributed by atoms with Crippen LogP contribution in [0.15, 0.2) is 67.6 Å². The maximum absolute atomic E-state index is 11.1. The Bertz CT molecular complexity index is 1510. The second-order valence-corrected chi connectivity index (χ2v) is 10.9. The van der Waals surface area contributed by atoms with E-state index in [4.69, 9.17) is 15.2 Å². The smallest absolute Gasteiger partial charge is 0.137 e. The Labute approximate surface area is 236 Å². The largest absolute Gasteiger partial charge is 0.508 e. The summed E-state index contributed by atoms with van der Waals surface area (Å²) in [5.41, 5.74) is 13.7. The van der Waals surface area contributed by atoms with Gasteiger partial charge < -0.3 is 29.7 Å². The molecule has 0 saturated carbocycles. The summed E-state index contributed by atoms with van der Waals surface area (Å²) in [5.74, 6) is 0.139. The van der Waals surface area contributed by atoms with E-state index in [1.54, 1.807) is 25.4 Å². The average Bonchev–Trinajstić information content (AvgIpc) is 3.23. The molecule has 1 unspecified atom stereocenters. The fourth-order valence-electron chi connectivity index (χ4n) is 5.42. The summed E-state index contributed by atoms with van der Waals surface area (Å²) in [5, 5.41) is 11.6.